The van der Waals surface area contributed by atoms with Crippen molar-refractivity contribution < 1.29 is 65.7 Å². The van der Waals surface area contributed by atoms with E-state index in [-0.39, 0.29) is 23.8 Å². The van der Waals surface area contributed by atoms with E-state index in [0.29, 0.717) is 18.2 Å². The molecule has 3 rings (SSSR count). The van der Waals surface area contributed by atoms with E-state index in [4.69, 9.17) is 0 Å². The summed E-state index contributed by atoms with van der Waals surface area (Å²) in [6.45, 7) is -1.96. The molecule has 0 aliphatic rings. The molecule has 0 aromatic heterocycles. The van der Waals surface area contributed by atoms with E-state index in [1.165, 1.54) is 35.6 Å². The monoisotopic (exact) mass is 650 g/mol. The average molecular weight is 650 g/mol. The second-order valence-corrected chi connectivity index (χ2v) is 10.4. The summed E-state index contributed by atoms with van der Waals surface area (Å²) in [5.74, 6) is -4.70. The Morgan fingerprint density at radius 3 is 1.98 bits per heavy atom. The van der Waals surface area contributed by atoms with E-state index in [9.17, 15) is 61.5 Å². The number of halogens is 11. The van der Waals surface area contributed by atoms with Crippen LogP contribution in [0.3, 0.4) is 0 Å². The lowest BCUT2D eigenvalue weighted by atomic mass is 9.77. The first kappa shape index (κ1) is 33.4. The van der Waals surface area contributed by atoms with Gasteiger partial charge in [-0.2, -0.15) is 47.9 Å². The van der Waals surface area contributed by atoms with E-state index >= 15 is 0 Å². The highest BCUT2D eigenvalue weighted by Crippen LogP contribution is 2.40. The molecule has 18 heteroatoms. The number of carbonyl (C=O) groups is 1. The zero-order valence-electron chi connectivity index (χ0n) is 21.0. The van der Waals surface area contributed by atoms with Gasteiger partial charge in [-0.25, -0.2) is 13.6 Å². The van der Waals surface area contributed by atoms with Crippen molar-refractivity contribution in [2.24, 2.45) is 0 Å². The van der Waals surface area contributed by atoms with E-state index < -0.39 is 86.6 Å². The maximum Gasteiger partial charge on any atom is 0.534 e. The summed E-state index contributed by atoms with van der Waals surface area (Å²) in [7, 11) is -6.42. The van der Waals surface area contributed by atoms with E-state index in [1.807, 2.05) is 5.32 Å². The Hall–Kier alpha value is -4.09. The van der Waals surface area contributed by atoms with Gasteiger partial charge in [0.05, 0.1) is 11.1 Å². The summed E-state index contributed by atoms with van der Waals surface area (Å²) >= 11 is 0. The van der Waals surface area contributed by atoms with Crippen LogP contribution < -0.4 is 14.8 Å². The Bertz CT molecular complexity index is 1570. The van der Waals surface area contributed by atoms with Crippen molar-refractivity contribution in [1.29, 1.82) is 0 Å². The van der Waals surface area contributed by atoms with E-state index in [1.54, 1.807) is 0 Å². The molecule has 234 valence electrons. The molecule has 6 nitrogen and oxygen atoms in total. The standard InChI is InChI=1S/C25H17F11N2O4S/c26-17-8-16(9-18(11-17)42-43(40,41)25(34,35)36)22(12-14-4-2-1-3-5-14,38-21(39)37-13-23(28,29)30)15-6-7-20(27)19(10-15)24(31,32)33/h1-11H,12-13H2,(H2,37,38,39). The lowest BCUT2D eigenvalue weighted by Crippen LogP contribution is -2.53. The molecule has 0 spiro atoms. The van der Waals surface area contributed by atoms with Gasteiger partial charge >= 0.3 is 34.0 Å². The van der Waals surface area contributed by atoms with Crippen LogP contribution in [0.2, 0.25) is 0 Å². The molecule has 0 bridgehead atoms. The molecule has 0 heterocycles. The number of amides is 2. The minimum atomic E-state index is -6.42. The van der Waals surface area contributed by atoms with Crippen LogP contribution >= 0.6 is 0 Å². The Balaban J connectivity index is 2.36. The summed E-state index contributed by atoms with van der Waals surface area (Å²) in [4.78, 5) is 12.7. The number of hydrogen-bond acceptors (Lipinski definition) is 4. The first-order valence-electron chi connectivity index (χ1n) is 11.5. The average Bonchev–Trinajstić information content (AvgIpc) is 2.85. The van der Waals surface area contributed by atoms with Crippen LogP contribution in [0.15, 0.2) is 66.7 Å². The first-order chi connectivity index (χ1) is 19.6. The minimum Gasteiger partial charge on any atom is -0.376 e. The first-order valence-corrected chi connectivity index (χ1v) is 12.9. The van der Waals surface area contributed by atoms with Gasteiger partial charge in [-0.1, -0.05) is 36.4 Å². The molecule has 43 heavy (non-hydrogen) atoms. The number of carbonyl (C=O) groups excluding carboxylic acids is 1. The Labute approximate surface area is 235 Å². The topological polar surface area (TPSA) is 84.5 Å². The number of nitrogens with one attached hydrogen (secondary N) is 2. The molecule has 1 atom stereocenters. The molecule has 0 saturated heterocycles. The summed E-state index contributed by atoms with van der Waals surface area (Å²) in [5, 5.41) is 3.40. The van der Waals surface area contributed by atoms with Crippen LogP contribution in [0.25, 0.3) is 0 Å². The van der Waals surface area contributed by atoms with Crippen molar-refractivity contribution >= 4 is 16.1 Å². The van der Waals surface area contributed by atoms with E-state index in [2.05, 4.69) is 4.18 Å². The number of rotatable bonds is 8. The third-order valence-electron chi connectivity index (χ3n) is 5.71. The van der Waals surface area contributed by atoms with Crippen molar-refractivity contribution in [2.75, 3.05) is 6.54 Å². The zero-order valence-corrected chi connectivity index (χ0v) is 21.8. The maximum atomic E-state index is 14.8. The fraction of sp³-hybridized carbons (Fsp3) is 0.240. The second kappa shape index (κ2) is 11.9. The summed E-state index contributed by atoms with van der Waals surface area (Å²) in [6.07, 6.45) is -11.1. The fourth-order valence-electron chi connectivity index (χ4n) is 3.92. The highest BCUT2D eigenvalue weighted by molar-refractivity contribution is 7.88. The zero-order chi connectivity index (χ0) is 32.4. The maximum absolute atomic E-state index is 14.8. The van der Waals surface area contributed by atoms with Crippen LogP contribution in [0.4, 0.5) is 53.1 Å². The molecule has 1 unspecified atom stereocenters. The number of benzene rings is 3. The molecule has 2 N–H and O–H groups in total. The van der Waals surface area contributed by atoms with Crippen LogP contribution in [0, 0.1) is 11.6 Å². The predicted molar refractivity (Wildman–Crippen MR) is 127 cm³/mol. The van der Waals surface area contributed by atoms with Crippen molar-refractivity contribution in [2.45, 2.75) is 29.8 Å². The molecule has 0 radical (unpaired) electrons. The van der Waals surface area contributed by atoms with Gasteiger partial charge in [-0.15, -0.1) is 0 Å². The summed E-state index contributed by atoms with van der Waals surface area (Å²) < 4.78 is 174. The normalized spacial score (nSPS) is 14.1. The highest BCUT2D eigenvalue weighted by Gasteiger charge is 2.49. The second-order valence-electron chi connectivity index (χ2n) is 8.84. The molecule has 0 fully saturated rings. The summed E-state index contributed by atoms with van der Waals surface area (Å²) in [6, 6.07) is 7.34. The third kappa shape index (κ3) is 8.26. The molecule has 3 aromatic rings. The van der Waals surface area contributed by atoms with Crippen LogP contribution in [-0.2, 0) is 28.3 Å². The number of alkyl halides is 9. The van der Waals surface area contributed by atoms with Gasteiger partial charge in [0.25, 0.3) is 0 Å². The molecule has 3 aromatic carbocycles. The fourth-order valence-corrected chi connectivity index (χ4v) is 4.36. The van der Waals surface area contributed by atoms with Gasteiger partial charge in [0.1, 0.15) is 23.9 Å². The molecule has 0 saturated carbocycles. The molecule has 0 aliphatic heterocycles. The van der Waals surface area contributed by atoms with Crippen LogP contribution in [0.1, 0.15) is 22.3 Å². The SMILES string of the molecule is O=C(NCC(F)(F)F)NC(Cc1ccccc1)(c1cc(F)cc(OS(=O)(=O)C(F)(F)F)c1)c1ccc(F)c(C(F)(F)F)c1. The number of urea groups is 1. The van der Waals surface area contributed by atoms with E-state index in [0.717, 1.165) is 0 Å². The largest absolute Gasteiger partial charge is 0.534 e. The van der Waals surface area contributed by atoms with Gasteiger partial charge in [0, 0.05) is 12.5 Å². The van der Waals surface area contributed by atoms with Crippen LogP contribution in [0.5, 0.6) is 5.75 Å². The lowest BCUT2D eigenvalue weighted by Gasteiger charge is -2.37. The Morgan fingerprint density at radius 1 is 0.791 bits per heavy atom. The minimum absolute atomic E-state index is 0.117. The van der Waals surface area contributed by atoms with Gasteiger partial charge in [0.2, 0.25) is 0 Å². The smallest absolute Gasteiger partial charge is 0.376 e. The number of hydrogen-bond donors (Lipinski definition) is 2. The van der Waals surface area contributed by atoms with Crippen molar-refractivity contribution in [1.82, 2.24) is 10.6 Å². The molecule has 0 aliphatic carbocycles. The molecule has 2 amide bonds. The quantitative estimate of drug-likeness (QED) is 0.164. The molecular weight excluding hydrogens is 633 g/mol. The van der Waals surface area contributed by atoms with Gasteiger partial charge in [-0.3, -0.25) is 0 Å². The van der Waals surface area contributed by atoms with Crippen molar-refractivity contribution in [3.05, 3.63) is 101 Å². The van der Waals surface area contributed by atoms with Gasteiger partial charge in [0.15, 0.2) is 0 Å². The Morgan fingerprint density at radius 2 is 1.42 bits per heavy atom. The highest BCUT2D eigenvalue weighted by atomic mass is 32.2. The van der Waals surface area contributed by atoms with Gasteiger partial charge in [-0.05, 0) is 41.0 Å². The predicted octanol–water partition coefficient (Wildman–Crippen LogP) is 6.56. The van der Waals surface area contributed by atoms with Crippen LogP contribution in [-0.4, -0.2) is 32.7 Å². The van der Waals surface area contributed by atoms with Gasteiger partial charge < -0.3 is 14.8 Å². The van der Waals surface area contributed by atoms with Crippen molar-refractivity contribution in [3.8, 4) is 5.75 Å². The van der Waals surface area contributed by atoms with Crippen molar-refractivity contribution in [3.63, 3.8) is 0 Å². The summed E-state index contributed by atoms with van der Waals surface area (Å²) in [5.41, 5.74) is -12.0. The third-order valence-corrected chi connectivity index (χ3v) is 6.69. The molecular formula is C25H17F11N2O4S. The lowest BCUT2D eigenvalue weighted by molar-refractivity contribution is -0.140. The Kier molecular flexibility index (Phi) is 9.24.